The molecular weight excluding hydrogens is 424 g/mol. The van der Waals surface area contributed by atoms with Crippen LogP contribution in [0.25, 0.3) is 0 Å². The number of carbonyl (C=O) groups excluding carboxylic acids is 2. The van der Waals surface area contributed by atoms with Crippen molar-refractivity contribution < 1.29 is 9.59 Å². The number of benzene rings is 1. The van der Waals surface area contributed by atoms with Gasteiger partial charge in [-0.3, -0.25) is 14.5 Å². The quantitative estimate of drug-likeness (QED) is 0.623. The fraction of sp³-hybridized carbons (Fsp3) is 0.480. The van der Waals surface area contributed by atoms with E-state index in [1.807, 2.05) is 18.2 Å². The Kier molecular flexibility index (Phi) is 7.76. The molecule has 7 heteroatoms. The number of aromatic nitrogens is 1. The van der Waals surface area contributed by atoms with Crippen LogP contribution in [0.1, 0.15) is 61.0 Å². The fourth-order valence-electron chi connectivity index (χ4n) is 4.65. The average Bonchev–Trinajstić information content (AvgIpc) is 2.80. The Hall–Kier alpha value is -2.44. The van der Waals surface area contributed by atoms with Crippen molar-refractivity contribution in [3.8, 4) is 0 Å². The van der Waals surface area contributed by atoms with Gasteiger partial charge in [0.05, 0.1) is 0 Å². The molecular formula is C25H31ClN4O2. The Morgan fingerprint density at radius 3 is 2.50 bits per heavy atom. The van der Waals surface area contributed by atoms with Crippen LogP contribution in [0.2, 0.25) is 5.15 Å². The number of hydrogen-bond acceptors (Lipinski definition) is 4. The molecule has 1 aliphatic carbocycles. The van der Waals surface area contributed by atoms with E-state index in [1.165, 1.54) is 19.3 Å². The monoisotopic (exact) mass is 454 g/mol. The SMILES string of the molecule is O=C(Nc1cccc(CN2CCC(C(=O)NC3CCCCC3)CC2)c1)c1cccc(Cl)n1. The first kappa shape index (κ1) is 22.7. The van der Waals surface area contributed by atoms with Gasteiger partial charge in [-0.15, -0.1) is 0 Å². The van der Waals surface area contributed by atoms with Crippen LogP contribution in [-0.4, -0.2) is 40.8 Å². The molecule has 6 nitrogen and oxygen atoms in total. The van der Waals surface area contributed by atoms with Crippen LogP contribution >= 0.6 is 11.6 Å². The topological polar surface area (TPSA) is 74.3 Å². The lowest BCUT2D eigenvalue weighted by Crippen LogP contribution is -2.44. The minimum Gasteiger partial charge on any atom is -0.353 e. The second-order valence-corrected chi connectivity index (χ2v) is 9.28. The van der Waals surface area contributed by atoms with Gasteiger partial charge < -0.3 is 10.6 Å². The predicted molar refractivity (Wildman–Crippen MR) is 127 cm³/mol. The van der Waals surface area contributed by atoms with Crippen LogP contribution in [0.4, 0.5) is 5.69 Å². The summed E-state index contributed by atoms with van der Waals surface area (Å²) in [5, 5.41) is 6.47. The smallest absolute Gasteiger partial charge is 0.274 e. The van der Waals surface area contributed by atoms with Gasteiger partial charge in [0, 0.05) is 24.2 Å². The zero-order chi connectivity index (χ0) is 22.3. The third kappa shape index (κ3) is 6.30. The van der Waals surface area contributed by atoms with Gasteiger partial charge in [0.15, 0.2) is 0 Å². The van der Waals surface area contributed by atoms with Crippen molar-refractivity contribution in [3.05, 3.63) is 58.9 Å². The molecule has 0 unspecified atom stereocenters. The number of likely N-dealkylation sites (tertiary alicyclic amines) is 1. The van der Waals surface area contributed by atoms with Gasteiger partial charge in [0.1, 0.15) is 10.8 Å². The van der Waals surface area contributed by atoms with Crippen molar-refractivity contribution in [1.82, 2.24) is 15.2 Å². The van der Waals surface area contributed by atoms with Gasteiger partial charge in [0.2, 0.25) is 5.91 Å². The normalized spacial score (nSPS) is 18.3. The lowest BCUT2D eigenvalue weighted by molar-refractivity contribution is -0.127. The van der Waals surface area contributed by atoms with Crippen molar-refractivity contribution in [2.75, 3.05) is 18.4 Å². The van der Waals surface area contributed by atoms with Crippen LogP contribution in [0, 0.1) is 5.92 Å². The lowest BCUT2D eigenvalue weighted by atomic mass is 9.92. The molecule has 2 N–H and O–H groups in total. The largest absolute Gasteiger partial charge is 0.353 e. The Balaban J connectivity index is 1.26. The number of anilines is 1. The van der Waals surface area contributed by atoms with Crippen molar-refractivity contribution in [2.45, 2.75) is 57.5 Å². The Morgan fingerprint density at radius 1 is 1.00 bits per heavy atom. The summed E-state index contributed by atoms with van der Waals surface area (Å²) in [5.41, 5.74) is 2.15. The van der Waals surface area contributed by atoms with E-state index in [-0.39, 0.29) is 23.4 Å². The number of pyridine rings is 1. The summed E-state index contributed by atoms with van der Waals surface area (Å²) >= 11 is 5.88. The minimum absolute atomic E-state index is 0.129. The number of rotatable bonds is 6. The highest BCUT2D eigenvalue weighted by Crippen LogP contribution is 2.23. The molecule has 1 aliphatic heterocycles. The zero-order valence-corrected chi connectivity index (χ0v) is 19.1. The first-order valence-corrected chi connectivity index (χ1v) is 12.0. The molecule has 1 saturated carbocycles. The van der Waals surface area contributed by atoms with Crippen LogP contribution in [-0.2, 0) is 11.3 Å². The number of hydrogen-bond donors (Lipinski definition) is 2. The Bertz CT molecular complexity index is 937. The molecule has 170 valence electrons. The maximum atomic E-state index is 12.6. The van der Waals surface area contributed by atoms with Crippen LogP contribution in [0.3, 0.4) is 0 Å². The van der Waals surface area contributed by atoms with Crippen molar-refractivity contribution in [2.24, 2.45) is 5.92 Å². The highest BCUT2D eigenvalue weighted by atomic mass is 35.5. The van der Waals surface area contributed by atoms with Crippen molar-refractivity contribution in [3.63, 3.8) is 0 Å². The van der Waals surface area contributed by atoms with E-state index in [4.69, 9.17) is 11.6 Å². The van der Waals surface area contributed by atoms with Crippen LogP contribution in [0.5, 0.6) is 0 Å². The summed E-state index contributed by atoms with van der Waals surface area (Å²) in [7, 11) is 0. The molecule has 2 amide bonds. The standard InChI is InChI=1S/C25H31ClN4O2/c26-23-11-5-10-22(29-23)25(32)28-21-9-4-6-18(16-21)17-30-14-12-19(13-15-30)24(31)27-20-7-2-1-3-8-20/h4-6,9-11,16,19-20H,1-3,7-8,12-15,17H2,(H,27,31)(H,28,32). The van der Waals surface area contributed by atoms with Gasteiger partial charge in [-0.25, -0.2) is 4.98 Å². The molecule has 2 heterocycles. The van der Waals surface area contributed by atoms with Gasteiger partial charge in [-0.1, -0.05) is 49.1 Å². The number of piperidine rings is 1. The molecule has 0 spiro atoms. The van der Waals surface area contributed by atoms with Crippen molar-refractivity contribution in [1.29, 1.82) is 0 Å². The molecule has 1 aromatic heterocycles. The summed E-state index contributed by atoms with van der Waals surface area (Å²) in [6.07, 6.45) is 7.82. The third-order valence-corrected chi connectivity index (χ3v) is 6.66. The van der Waals surface area contributed by atoms with Crippen molar-refractivity contribution >= 4 is 29.1 Å². The molecule has 1 saturated heterocycles. The molecule has 2 aromatic rings. The van der Waals surface area contributed by atoms with Gasteiger partial charge in [-0.05, 0) is 68.6 Å². The van der Waals surface area contributed by atoms with E-state index >= 15 is 0 Å². The second kappa shape index (κ2) is 10.9. The molecule has 4 rings (SSSR count). The molecule has 0 atom stereocenters. The number of amides is 2. The lowest BCUT2D eigenvalue weighted by Gasteiger charge is -2.32. The van der Waals surface area contributed by atoms with E-state index in [1.54, 1.807) is 18.2 Å². The van der Waals surface area contributed by atoms with E-state index in [0.717, 1.165) is 56.6 Å². The summed E-state index contributed by atoms with van der Waals surface area (Å²) in [6.45, 7) is 2.62. The molecule has 0 bridgehead atoms. The van der Waals surface area contributed by atoms with E-state index in [2.05, 4.69) is 26.6 Å². The average molecular weight is 455 g/mol. The summed E-state index contributed by atoms with van der Waals surface area (Å²) in [4.78, 5) is 31.5. The van der Waals surface area contributed by atoms with Gasteiger partial charge >= 0.3 is 0 Å². The summed E-state index contributed by atoms with van der Waals surface area (Å²) < 4.78 is 0. The van der Waals surface area contributed by atoms with Crippen LogP contribution in [0.15, 0.2) is 42.5 Å². The number of nitrogens with zero attached hydrogens (tertiary/aromatic N) is 2. The molecule has 0 radical (unpaired) electrons. The highest BCUT2D eigenvalue weighted by molar-refractivity contribution is 6.29. The molecule has 32 heavy (non-hydrogen) atoms. The van der Waals surface area contributed by atoms with Crippen LogP contribution < -0.4 is 10.6 Å². The Morgan fingerprint density at radius 2 is 1.75 bits per heavy atom. The number of halogens is 1. The third-order valence-electron chi connectivity index (χ3n) is 6.45. The molecule has 2 fully saturated rings. The molecule has 1 aromatic carbocycles. The van der Waals surface area contributed by atoms with E-state index in [9.17, 15) is 9.59 Å². The molecule has 2 aliphatic rings. The number of nitrogens with one attached hydrogen (secondary N) is 2. The Labute approximate surface area is 194 Å². The maximum Gasteiger partial charge on any atom is 0.274 e. The predicted octanol–water partition coefficient (Wildman–Crippen LogP) is 4.65. The maximum absolute atomic E-state index is 12.6. The van der Waals surface area contributed by atoms with Gasteiger partial charge in [-0.2, -0.15) is 0 Å². The minimum atomic E-state index is -0.283. The van der Waals surface area contributed by atoms with E-state index < -0.39 is 0 Å². The zero-order valence-electron chi connectivity index (χ0n) is 18.4. The van der Waals surface area contributed by atoms with Gasteiger partial charge in [0.25, 0.3) is 5.91 Å². The fourth-order valence-corrected chi connectivity index (χ4v) is 4.82. The second-order valence-electron chi connectivity index (χ2n) is 8.89. The number of carbonyl (C=O) groups is 2. The van der Waals surface area contributed by atoms with E-state index in [0.29, 0.717) is 11.2 Å². The summed E-state index contributed by atoms with van der Waals surface area (Å²) in [5.74, 6) is 0.0920. The highest BCUT2D eigenvalue weighted by Gasteiger charge is 2.27. The summed E-state index contributed by atoms with van der Waals surface area (Å²) in [6, 6.07) is 13.2. The first-order valence-electron chi connectivity index (χ1n) is 11.6. The first-order chi connectivity index (χ1) is 15.6.